The lowest BCUT2D eigenvalue weighted by molar-refractivity contribution is -0.139. The van der Waals surface area contributed by atoms with Crippen LogP contribution in [0.3, 0.4) is 0 Å². The molecule has 70 valence electrons. The molecule has 13 heavy (non-hydrogen) atoms. The van der Waals surface area contributed by atoms with Crippen LogP contribution < -0.4 is 0 Å². The van der Waals surface area contributed by atoms with E-state index in [1.807, 2.05) is 0 Å². The van der Waals surface area contributed by atoms with E-state index in [2.05, 4.69) is 32.8 Å². The zero-order valence-corrected chi connectivity index (χ0v) is 9.04. The minimum Gasteiger partial charge on any atom is -0.481 e. The largest absolute Gasteiger partial charge is 0.481 e. The molecule has 1 atom stereocenters. The molecular formula is C8H9IN2O2. The van der Waals surface area contributed by atoms with E-state index in [0.717, 1.165) is 34.2 Å². The first-order valence-electron chi connectivity index (χ1n) is 4.15. The Morgan fingerprint density at radius 2 is 2.46 bits per heavy atom. The van der Waals surface area contributed by atoms with Crippen molar-refractivity contribution in [3.63, 3.8) is 0 Å². The number of carboxylic acids is 1. The molecule has 0 saturated carbocycles. The molecule has 0 saturated heterocycles. The number of carboxylic acid groups (broad SMARTS) is 1. The van der Waals surface area contributed by atoms with Crippen LogP contribution in [0.2, 0.25) is 0 Å². The van der Waals surface area contributed by atoms with Gasteiger partial charge in [-0.3, -0.25) is 9.89 Å². The van der Waals surface area contributed by atoms with E-state index in [1.165, 1.54) is 0 Å². The molecule has 1 aromatic heterocycles. The minimum absolute atomic E-state index is 0.375. The van der Waals surface area contributed by atoms with Crippen LogP contribution in [0, 0.1) is 3.70 Å². The topological polar surface area (TPSA) is 66.0 Å². The van der Waals surface area contributed by atoms with Gasteiger partial charge < -0.3 is 5.11 Å². The van der Waals surface area contributed by atoms with E-state index >= 15 is 0 Å². The van der Waals surface area contributed by atoms with Crippen molar-refractivity contribution >= 4 is 28.6 Å². The van der Waals surface area contributed by atoms with Crippen LogP contribution in [-0.4, -0.2) is 21.3 Å². The fraction of sp³-hybridized carbons (Fsp3) is 0.500. The molecule has 1 aromatic rings. The van der Waals surface area contributed by atoms with Crippen LogP contribution >= 0.6 is 22.6 Å². The second kappa shape index (κ2) is 3.28. The third-order valence-electron chi connectivity index (χ3n) is 2.41. The van der Waals surface area contributed by atoms with Crippen LogP contribution in [0.15, 0.2) is 0 Å². The van der Waals surface area contributed by atoms with Crippen molar-refractivity contribution in [3.05, 3.63) is 15.0 Å². The lowest BCUT2D eigenvalue weighted by Crippen LogP contribution is -2.17. The van der Waals surface area contributed by atoms with E-state index in [9.17, 15) is 4.79 Å². The number of aromatic amines is 1. The molecule has 0 bridgehead atoms. The molecular weight excluding hydrogens is 283 g/mol. The van der Waals surface area contributed by atoms with Gasteiger partial charge in [-0.05, 0) is 41.9 Å². The molecule has 1 unspecified atom stereocenters. The van der Waals surface area contributed by atoms with E-state index in [1.54, 1.807) is 0 Å². The molecule has 0 spiro atoms. The number of nitrogens with zero attached hydrogens (tertiary/aromatic N) is 1. The van der Waals surface area contributed by atoms with Crippen LogP contribution in [0.1, 0.15) is 30.0 Å². The number of aromatic nitrogens is 2. The Labute approximate surface area is 88.9 Å². The van der Waals surface area contributed by atoms with Crippen LogP contribution in [0.5, 0.6) is 0 Å². The highest BCUT2D eigenvalue weighted by molar-refractivity contribution is 14.1. The number of rotatable bonds is 1. The summed E-state index contributed by atoms with van der Waals surface area (Å²) in [5.41, 5.74) is 1.91. The van der Waals surface area contributed by atoms with Crippen molar-refractivity contribution < 1.29 is 9.90 Å². The zero-order valence-electron chi connectivity index (χ0n) is 6.88. The standard InChI is InChI=1S/C8H9IN2O2/c9-7-4-2-1-3-5(8(12)13)6(4)10-11-7/h5H,1-3H2,(H,10,11)(H,12,13). The Morgan fingerprint density at radius 1 is 1.69 bits per heavy atom. The Bertz CT molecular complexity index is 348. The smallest absolute Gasteiger partial charge is 0.312 e. The molecule has 0 aromatic carbocycles. The molecule has 1 aliphatic rings. The second-order valence-corrected chi connectivity index (χ2v) is 4.21. The van der Waals surface area contributed by atoms with Crippen molar-refractivity contribution in [1.29, 1.82) is 0 Å². The van der Waals surface area contributed by atoms with Gasteiger partial charge in [-0.2, -0.15) is 5.10 Å². The molecule has 0 amide bonds. The summed E-state index contributed by atoms with van der Waals surface area (Å²) < 4.78 is 0.915. The maximum absolute atomic E-state index is 10.9. The maximum Gasteiger partial charge on any atom is 0.312 e. The van der Waals surface area contributed by atoms with Gasteiger partial charge in [0.2, 0.25) is 0 Å². The van der Waals surface area contributed by atoms with Gasteiger partial charge in [0.25, 0.3) is 0 Å². The summed E-state index contributed by atoms with van der Waals surface area (Å²) in [5.74, 6) is -1.12. The summed E-state index contributed by atoms with van der Waals surface area (Å²) >= 11 is 2.14. The molecule has 4 nitrogen and oxygen atoms in total. The van der Waals surface area contributed by atoms with Gasteiger partial charge in [0.1, 0.15) is 3.70 Å². The highest BCUT2D eigenvalue weighted by Gasteiger charge is 2.29. The molecule has 2 rings (SSSR count). The second-order valence-electron chi connectivity index (χ2n) is 3.19. The normalized spacial score (nSPS) is 21.2. The van der Waals surface area contributed by atoms with Crippen molar-refractivity contribution in [1.82, 2.24) is 10.2 Å². The lowest BCUT2D eigenvalue weighted by atomic mass is 9.88. The number of fused-ring (bicyclic) bond motifs is 1. The summed E-state index contributed by atoms with van der Waals surface area (Å²) in [6, 6.07) is 0. The Hall–Kier alpha value is -0.590. The fourth-order valence-corrected chi connectivity index (χ4v) is 2.44. The summed E-state index contributed by atoms with van der Waals surface area (Å²) in [4.78, 5) is 10.9. The number of carbonyl (C=O) groups is 1. The minimum atomic E-state index is -0.749. The third-order valence-corrected chi connectivity index (χ3v) is 3.31. The van der Waals surface area contributed by atoms with Gasteiger partial charge in [0, 0.05) is 5.56 Å². The van der Waals surface area contributed by atoms with Crippen LogP contribution in [0.4, 0.5) is 0 Å². The highest BCUT2D eigenvalue weighted by Crippen LogP contribution is 2.32. The number of nitrogens with one attached hydrogen (secondary N) is 1. The van der Waals surface area contributed by atoms with Gasteiger partial charge in [-0.25, -0.2) is 0 Å². The fourth-order valence-electron chi connectivity index (χ4n) is 1.76. The summed E-state index contributed by atoms with van der Waals surface area (Å²) in [6.07, 6.45) is 2.62. The average molecular weight is 292 g/mol. The van der Waals surface area contributed by atoms with E-state index in [4.69, 9.17) is 5.11 Å². The molecule has 0 radical (unpaired) electrons. The van der Waals surface area contributed by atoms with E-state index < -0.39 is 5.97 Å². The number of hydrogen-bond donors (Lipinski definition) is 2. The highest BCUT2D eigenvalue weighted by atomic mass is 127. The van der Waals surface area contributed by atoms with Gasteiger partial charge in [0.05, 0.1) is 11.6 Å². The molecule has 0 fully saturated rings. The summed E-state index contributed by atoms with van der Waals surface area (Å²) in [5, 5.41) is 15.8. The number of H-pyrrole nitrogens is 1. The van der Waals surface area contributed by atoms with Crippen LogP contribution in [0.25, 0.3) is 0 Å². The Morgan fingerprint density at radius 3 is 3.15 bits per heavy atom. The summed E-state index contributed by atoms with van der Waals surface area (Å²) in [6.45, 7) is 0. The zero-order chi connectivity index (χ0) is 9.42. The third kappa shape index (κ3) is 1.45. The number of hydrogen-bond acceptors (Lipinski definition) is 2. The van der Waals surface area contributed by atoms with Gasteiger partial charge in [0.15, 0.2) is 0 Å². The predicted octanol–water partition coefficient (Wildman–Crippen LogP) is 1.52. The first-order chi connectivity index (χ1) is 6.20. The molecule has 1 heterocycles. The van der Waals surface area contributed by atoms with Gasteiger partial charge in [-0.1, -0.05) is 0 Å². The van der Waals surface area contributed by atoms with E-state index in [0.29, 0.717) is 0 Å². The quantitative estimate of drug-likeness (QED) is 0.771. The van der Waals surface area contributed by atoms with Crippen molar-refractivity contribution in [2.75, 3.05) is 0 Å². The van der Waals surface area contributed by atoms with Gasteiger partial charge >= 0.3 is 5.97 Å². The molecule has 1 aliphatic carbocycles. The monoisotopic (exact) mass is 292 g/mol. The average Bonchev–Trinajstić information content (AvgIpc) is 2.48. The summed E-state index contributed by atoms with van der Waals surface area (Å²) in [7, 11) is 0. The first-order valence-corrected chi connectivity index (χ1v) is 5.23. The SMILES string of the molecule is O=C(O)C1CCCc2c(I)n[nH]c21. The lowest BCUT2D eigenvalue weighted by Gasteiger charge is -2.17. The van der Waals surface area contributed by atoms with Crippen molar-refractivity contribution in [2.24, 2.45) is 0 Å². The Balaban J connectivity index is 2.43. The van der Waals surface area contributed by atoms with Crippen LogP contribution in [-0.2, 0) is 11.2 Å². The first kappa shape index (κ1) is 8.98. The van der Waals surface area contributed by atoms with Crippen molar-refractivity contribution in [2.45, 2.75) is 25.2 Å². The number of halogens is 1. The molecule has 0 aliphatic heterocycles. The Kier molecular flexibility index (Phi) is 2.27. The molecule has 2 N–H and O–H groups in total. The number of aliphatic carboxylic acids is 1. The maximum atomic E-state index is 10.9. The van der Waals surface area contributed by atoms with Gasteiger partial charge in [-0.15, -0.1) is 0 Å². The predicted molar refractivity (Wildman–Crippen MR) is 54.6 cm³/mol. The van der Waals surface area contributed by atoms with Crippen molar-refractivity contribution in [3.8, 4) is 0 Å². The van der Waals surface area contributed by atoms with E-state index in [-0.39, 0.29) is 5.92 Å². The molecule has 5 heteroatoms.